The fourth-order valence-corrected chi connectivity index (χ4v) is 1.83. The Morgan fingerprint density at radius 2 is 2.18 bits per heavy atom. The van der Waals surface area contributed by atoms with Gasteiger partial charge in [0.1, 0.15) is 15.5 Å². The monoisotopic (exact) mass is 260 g/mol. The SMILES string of the molecule is CS(=O)(=O)CCCNC(=O)c1cccc(F)n1. The predicted octanol–water partition coefficient (Wildman–Crippen LogP) is 0.385. The third kappa shape index (κ3) is 5.39. The van der Waals surface area contributed by atoms with E-state index in [4.69, 9.17) is 0 Å². The van der Waals surface area contributed by atoms with Gasteiger partial charge in [0, 0.05) is 12.8 Å². The van der Waals surface area contributed by atoms with Gasteiger partial charge < -0.3 is 5.32 Å². The van der Waals surface area contributed by atoms with Gasteiger partial charge in [-0.25, -0.2) is 13.4 Å². The Morgan fingerprint density at radius 3 is 2.76 bits per heavy atom. The van der Waals surface area contributed by atoms with E-state index < -0.39 is 21.7 Å². The molecule has 0 bridgehead atoms. The summed E-state index contributed by atoms with van der Waals surface area (Å²) in [5, 5.41) is 2.47. The van der Waals surface area contributed by atoms with Gasteiger partial charge in [0.25, 0.3) is 5.91 Å². The fraction of sp³-hybridized carbons (Fsp3) is 0.400. The van der Waals surface area contributed by atoms with Crippen LogP contribution in [0.15, 0.2) is 18.2 Å². The third-order valence-electron chi connectivity index (χ3n) is 1.93. The average Bonchev–Trinajstić information content (AvgIpc) is 2.23. The summed E-state index contributed by atoms with van der Waals surface area (Å²) in [6.07, 6.45) is 1.45. The number of aromatic nitrogens is 1. The molecule has 0 saturated carbocycles. The second kappa shape index (κ2) is 5.72. The van der Waals surface area contributed by atoms with Crippen LogP contribution in [-0.4, -0.2) is 37.9 Å². The van der Waals surface area contributed by atoms with Gasteiger partial charge in [-0.1, -0.05) is 6.07 Å². The Balaban J connectivity index is 2.41. The Labute approximate surface area is 99.0 Å². The number of carbonyl (C=O) groups is 1. The van der Waals surface area contributed by atoms with Crippen LogP contribution < -0.4 is 5.32 Å². The Bertz CT molecular complexity index is 502. The van der Waals surface area contributed by atoms with Crippen LogP contribution in [0.5, 0.6) is 0 Å². The standard InChI is InChI=1S/C10H13FN2O3S/c1-17(15,16)7-3-6-12-10(14)8-4-2-5-9(11)13-8/h2,4-5H,3,6-7H2,1H3,(H,12,14). The van der Waals surface area contributed by atoms with Crippen molar-refractivity contribution < 1.29 is 17.6 Å². The molecule has 1 N–H and O–H groups in total. The zero-order valence-corrected chi connectivity index (χ0v) is 10.1. The van der Waals surface area contributed by atoms with Crippen LogP contribution in [0.4, 0.5) is 4.39 Å². The summed E-state index contributed by atoms with van der Waals surface area (Å²) in [5.41, 5.74) is -0.0237. The molecule has 0 saturated heterocycles. The zero-order chi connectivity index (χ0) is 12.9. The molecule has 0 aliphatic heterocycles. The molecule has 17 heavy (non-hydrogen) atoms. The number of sulfone groups is 1. The van der Waals surface area contributed by atoms with Gasteiger partial charge in [0.2, 0.25) is 5.95 Å². The van der Waals surface area contributed by atoms with Crippen molar-refractivity contribution in [2.75, 3.05) is 18.6 Å². The van der Waals surface area contributed by atoms with Gasteiger partial charge in [-0.2, -0.15) is 4.39 Å². The van der Waals surface area contributed by atoms with Crippen LogP contribution >= 0.6 is 0 Å². The number of hydrogen-bond donors (Lipinski definition) is 1. The lowest BCUT2D eigenvalue weighted by atomic mass is 10.3. The van der Waals surface area contributed by atoms with Crippen molar-refractivity contribution in [3.8, 4) is 0 Å². The minimum absolute atomic E-state index is 0.00383. The third-order valence-corrected chi connectivity index (χ3v) is 2.96. The highest BCUT2D eigenvalue weighted by Crippen LogP contribution is 1.97. The first-order valence-corrected chi connectivity index (χ1v) is 7.03. The van der Waals surface area contributed by atoms with Gasteiger partial charge in [-0.15, -0.1) is 0 Å². The highest BCUT2D eigenvalue weighted by Gasteiger charge is 2.08. The molecule has 0 atom stereocenters. The molecule has 7 heteroatoms. The van der Waals surface area contributed by atoms with Crippen molar-refractivity contribution in [1.82, 2.24) is 10.3 Å². The summed E-state index contributed by atoms with van der Waals surface area (Å²) in [6, 6.07) is 3.91. The molecule has 0 aliphatic rings. The summed E-state index contributed by atoms with van der Waals surface area (Å²) >= 11 is 0. The normalized spacial score (nSPS) is 11.2. The highest BCUT2D eigenvalue weighted by atomic mass is 32.2. The van der Waals surface area contributed by atoms with Crippen LogP contribution in [0.2, 0.25) is 0 Å². The zero-order valence-electron chi connectivity index (χ0n) is 9.31. The lowest BCUT2D eigenvalue weighted by molar-refractivity contribution is 0.0947. The molecule has 1 amide bonds. The number of rotatable bonds is 5. The van der Waals surface area contributed by atoms with Crippen LogP contribution in [0.3, 0.4) is 0 Å². The second-order valence-corrected chi connectivity index (χ2v) is 5.84. The smallest absolute Gasteiger partial charge is 0.269 e. The number of nitrogens with zero attached hydrogens (tertiary/aromatic N) is 1. The first kappa shape index (κ1) is 13.6. The molecule has 0 aliphatic carbocycles. The number of amides is 1. The molecule has 1 aromatic heterocycles. The van der Waals surface area contributed by atoms with Crippen LogP contribution in [0, 0.1) is 5.95 Å². The molecular weight excluding hydrogens is 247 g/mol. The summed E-state index contributed by atoms with van der Waals surface area (Å²) in [5.74, 6) is -1.24. The van der Waals surface area contributed by atoms with Crippen molar-refractivity contribution >= 4 is 15.7 Å². The van der Waals surface area contributed by atoms with Crippen molar-refractivity contribution in [1.29, 1.82) is 0 Å². The van der Waals surface area contributed by atoms with Crippen LogP contribution in [0.25, 0.3) is 0 Å². The fourth-order valence-electron chi connectivity index (χ4n) is 1.16. The van der Waals surface area contributed by atoms with E-state index in [2.05, 4.69) is 10.3 Å². The van der Waals surface area contributed by atoms with Gasteiger partial charge in [0.05, 0.1) is 5.75 Å². The Hall–Kier alpha value is -1.50. The maximum Gasteiger partial charge on any atom is 0.269 e. The molecule has 0 aromatic carbocycles. The van der Waals surface area contributed by atoms with E-state index in [1.165, 1.54) is 12.1 Å². The molecule has 1 rings (SSSR count). The van der Waals surface area contributed by atoms with Crippen LogP contribution in [0.1, 0.15) is 16.9 Å². The van der Waals surface area contributed by atoms with Crippen molar-refractivity contribution in [3.63, 3.8) is 0 Å². The van der Waals surface area contributed by atoms with Gasteiger partial charge in [0.15, 0.2) is 0 Å². The Kier molecular flexibility index (Phi) is 4.56. The number of nitrogens with one attached hydrogen (secondary N) is 1. The molecule has 1 heterocycles. The topological polar surface area (TPSA) is 76.1 Å². The van der Waals surface area contributed by atoms with E-state index in [9.17, 15) is 17.6 Å². The van der Waals surface area contributed by atoms with E-state index in [1.54, 1.807) is 0 Å². The first-order valence-electron chi connectivity index (χ1n) is 4.97. The molecule has 94 valence electrons. The summed E-state index contributed by atoms with van der Waals surface area (Å²) in [7, 11) is -3.02. The van der Waals surface area contributed by atoms with Gasteiger partial charge >= 0.3 is 0 Å². The molecule has 0 spiro atoms. The number of halogens is 1. The average molecular weight is 260 g/mol. The summed E-state index contributed by atoms with van der Waals surface area (Å²) in [6.45, 7) is 0.212. The maximum absolute atomic E-state index is 12.7. The van der Waals surface area contributed by atoms with E-state index in [0.29, 0.717) is 6.42 Å². The number of pyridine rings is 1. The minimum atomic E-state index is -3.02. The van der Waals surface area contributed by atoms with Crippen molar-refractivity contribution in [2.24, 2.45) is 0 Å². The van der Waals surface area contributed by atoms with Gasteiger partial charge in [-0.05, 0) is 18.6 Å². The highest BCUT2D eigenvalue weighted by molar-refractivity contribution is 7.90. The molecule has 5 nitrogen and oxygen atoms in total. The van der Waals surface area contributed by atoms with Crippen molar-refractivity contribution in [3.05, 3.63) is 29.8 Å². The lowest BCUT2D eigenvalue weighted by Crippen LogP contribution is -2.26. The second-order valence-electron chi connectivity index (χ2n) is 3.58. The quantitative estimate of drug-likeness (QED) is 0.613. The minimum Gasteiger partial charge on any atom is -0.351 e. The number of carbonyl (C=O) groups excluding carboxylic acids is 1. The van der Waals surface area contributed by atoms with Crippen LogP contribution in [-0.2, 0) is 9.84 Å². The van der Waals surface area contributed by atoms with E-state index in [-0.39, 0.29) is 18.0 Å². The predicted molar refractivity (Wildman–Crippen MR) is 60.9 cm³/mol. The maximum atomic E-state index is 12.7. The summed E-state index contributed by atoms with van der Waals surface area (Å²) < 4.78 is 34.3. The molecule has 0 fully saturated rings. The van der Waals surface area contributed by atoms with Gasteiger partial charge in [-0.3, -0.25) is 4.79 Å². The lowest BCUT2D eigenvalue weighted by Gasteiger charge is -2.03. The molecular formula is C10H13FN2O3S. The van der Waals surface area contributed by atoms with E-state index in [0.717, 1.165) is 12.3 Å². The molecule has 0 radical (unpaired) electrons. The molecule has 1 aromatic rings. The molecule has 0 unspecified atom stereocenters. The van der Waals surface area contributed by atoms with E-state index >= 15 is 0 Å². The first-order chi connectivity index (χ1) is 7.88. The number of hydrogen-bond acceptors (Lipinski definition) is 4. The van der Waals surface area contributed by atoms with Crippen molar-refractivity contribution in [2.45, 2.75) is 6.42 Å². The summed E-state index contributed by atoms with van der Waals surface area (Å²) in [4.78, 5) is 14.8. The Morgan fingerprint density at radius 1 is 1.47 bits per heavy atom. The largest absolute Gasteiger partial charge is 0.351 e. The van der Waals surface area contributed by atoms with E-state index in [1.807, 2.05) is 0 Å².